The maximum absolute atomic E-state index is 13.1. The molecule has 31 heavy (non-hydrogen) atoms. The molecule has 0 spiro atoms. The standard InChI is InChI=1S/C25H46N2O4/c1-5-6-7-8-9-10-12-19-13-11-14-20(19)23(29)15-21(18(4)28)25(31)27-22(16-26)24(30)17(2)3/h17-22,28H,5-16,26H2,1-4H3,(H,27,31)/t18-,19-,20+,21-,22-/m0/s1. The summed E-state index contributed by atoms with van der Waals surface area (Å²) in [7, 11) is 0. The predicted molar refractivity (Wildman–Crippen MR) is 124 cm³/mol. The molecule has 1 aliphatic rings. The first-order valence-corrected chi connectivity index (χ1v) is 12.5. The molecule has 6 nitrogen and oxygen atoms in total. The summed E-state index contributed by atoms with van der Waals surface area (Å²) in [5.41, 5.74) is 5.67. The highest BCUT2D eigenvalue weighted by Gasteiger charge is 2.36. The number of nitrogens with two attached hydrogens (primary N) is 1. The molecule has 1 fully saturated rings. The average Bonchev–Trinajstić information content (AvgIpc) is 3.20. The lowest BCUT2D eigenvalue weighted by Gasteiger charge is -2.25. The monoisotopic (exact) mass is 438 g/mol. The SMILES string of the molecule is CCCCCCCC[C@H]1CCC[C@H]1C(=O)C[C@H](C(=O)N[C@@H](CN)C(=O)C(C)C)[C@H](C)O. The zero-order valence-electron chi connectivity index (χ0n) is 20.2. The molecule has 180 valence electrons. The smallest absolute Gasteiger partial charge is 0.226 e. The predicted octanol–water partition coefficient (Wildman–Crippen LogP) is 3.78. The van der Waals surface area contributed by atoms with Gasteiger partial charge in [-0.1, -0.05) is 65.7 Å². The molecule has 0 aliphatic heterocycles. The van der Waals surface area contributed by atoms with Crippen molar-refractivity contribution in [1.82, 2.24) is 5.32 Å². The zero-order valence-corrected chi connectivity index (χ0v) is 20.2. The topological polar surface area (TPSA) is 109 Å². The lowest BCUT2D eigenvalue weighted by atomic mass is 9.83. The minimum Gasteiger partial charge on any atom is -0.393 e. The van der Waals surface area contributed by atoms with E-state index < -0.39 is 24.0 Å². The number of hydrogen-bond donors (Lipinski definition) is 3. The van der Waals surface area contributed by atoms with E-state index in [1.807, 2.05) is 0 Å². The molecule has 0 heterocycles. The number of nitrogens with one attached hydrogen (secondary N) is 1. The van der Waals surface area contributed by atoms with Crippen molar-refractivity contribution in [1.29, 1.82) is 0 Å². The van der Waals surface area contributed by atoms with Crippen LogP contribution in [0.2, 0.25) is 0 Å². The van der Waals surface area contributed by atoms with Crippen LogP contribution in [0.4, 0.5) is 0 Å². The van der Waals surface area contributed by atoms with Gasteiger partial charge < -0.3 is 16.2 Å². The maximum Gasteiger partial charge on any atom is 0.226 e. The Hall–Kier alpha value is -1.27. The molecule has 0 saturated heterocycles. The number of carbonyl (C=O) groups excluding carboxylic acids is 3. The van der Waals surface area contributed by atoms with E-state index in [9.17, 15) is 19.5 Å². The van der Waals surface area contributed by atoms with Gasteiger partial charge in [0.1, 0.15) is 5.78 Å². The number of carbonyl (C=O) groups is 3. The largest absolute Gasteiger partial charge is 0.393 e. The number of amides is 1. The van der Waals surface area contributed by atoms with Crippen LogP contribution >= 0.6 is 0 Å². The molecule has 0 unspecified atom stereocenters. The van der Waals surface area contributed by atoms with Gasteiger partial charge in [-0.25, -0.2) is 0 Å². The molecular weight excluding hydrogens is 392 g/mol. The molecule has 1 amide bonds. The molecule has 4 N–H and O–H groups in total. The summed E-state index contributed by atoms with van der Waals surface area (Å²) in [6, 6.07) is -0.782. The number of Topliss-reactive ketones (excluding diaryl/α,β-unsaturated/α-hetero) is 2. The molecule has 1 aliphatic carbocycles. The van der Waals surface area contributed by atoms with Gasteiger partial charge in [-0.3, -0.25) is 14.4 Å². The molecule has 5 atom stereocenters. The van der Waals surface area contributed by atoms with Crippen LogP contribution in [0.5, 0.6) is 0 Å². The number of ketones is 2. The van der Waals surface area contributed by atoms with Crippen molar-refractivity contribution in [2.45, 2.75) is 110 Å². The van der Waals surface area contributed by atoms with E-state index >= 15 is 0 Å². The summed E-state index contributed by atoms with van der Waals surface area (Å²) in [4.78, 5) is 38.1. The molecule has 0 radical (unpaired) electrons. The fourth-order valence-electron chi connectivity index (χ4n) is 4.77. The average molecular weight is 439 g/mol. The van der Waals surface area contributed by atoms with Crippen molar-refractivity contribution in [3.05, 3.63) is 0 Å². The highest BCUT2D eigenvalue weighted by molar-refractivity contribution is 5.93. The summed E-state index contributed by atoms with van der Waals surface area (Å²) < 4.78 is 0. The van der Waals surface area contributed by atoms with Crippen LogP contribution in [0.3, 0.4) is 0 Å². The first-order valence-electron chi connectivity index (χ1n) is 12.5. The second kappa shape index (κ2) is 14.7. The molecule has 6 heteroatoms. The molecule has 1 rings (SSSR count). The third-order valence-corrected chi connectivity index (χ3v) is 6.81. The number of aliphatic hydroxyl groups excluding tert-OH is 1. The summed E-state index contributed by atoms with van der Waals surface area (Å²) in [6.07, 6.45) is 10.6. The van der Waals surface area contributed by atoms with Crippen LogP contribution < -0.4 is 11.1 Å². The minimum absolute atomic E-state index is 0.00614. The van der Waals surface area contributed by atoms with Crippen molar-refractivity contribution in [2.75, 3.05) is 6.54 Å². The van der Waals surface area contributed by atoms with E-state index in [0.29, 0.717) is 5.92 Å². The normalized spacial score (nSPS) is 21.6. The molecule has 0 aromatic carbocycles. The third-order valence-electron chi connectivity index (χ3n) is 6.81. The molecule has 0 aromatic heterocycles. The van der Waals surface area contributed by atoms with Gasteiger partial charge in [0.2, 0.25) is 5.91 Å². The van der Waals surface area contributed by atoms with Crippen LogP contribution in [0.15, 0.2) is 0 Å². The van der Waals surface area contributed by atoms with Crippen LogP contribution in [0.25, 0.3) is 0 Å². The van der Waals surface area contributed by atoms with Gasteiger partial charge >= 0.3 is 0 Å². The van der Waals surface area contributed by atoms with Crippen LogP contribution in [0.1, 0.15) is 98.3 Å². The van der Waals surface area contributed by atoms with Gasteiger partial charge in [0.15, 0.2) is 5.78 Å². The van der Waals surface area contributed by atoms with Crippen LogP contribution in [-0.2, 0) is 14.4 Å². The first kappa shape index (κ1) is 27.8. The van der Waals surface area contributed by atoms with Gasteiger partial charge in [-0.2, -0.15) is 0 Å². The fourth-order valence-corrected chi connectivity index (χ4v) is 4.77. The number of rotatable bonds is 16. The van der Waals surface area contributed by atoms with Crippen LogP contribution in [0, 0.1) is 23.7 Å². The van der Waals surface area contributed by atoms with Gasteiger partial charge in [0.05, 0.1) is 18.1 Å². The number of hydrogen-bond acceptors (Lipinski definition) is 5. The Morgan fingerprint density at radius 1 is 1.03 bits per heavy atom. The van der Waals surface area contributed by atoms with Crippen molar-refractivity contribution in [3.63, 3.8) is 0 Å². The van der Waals surface area contributed by atoms with Crippen molar-refractivity contribution in [3.8, 4) is 0 Å². The lowest BCUT2D eigenvalue weighted by Crippen LogP contribution is -2.51. The van der Waals surface area contributed by atoms with E-state index in [2.05, 4.69) is 12.2 Å². The van der Waals surface area contributed by atoms with Gasteiger partial charge in [-0.05, 0) is 32.1 Å². The number of aliphatic hydroxyl groups is 1. The minimum atomic E-state index is -0.963. The third kappa shape index (κ3) is 9.40. The summed E-state index contributed by atoms with van der Waals surface area (Å²) in [6.45, 7) is 7.27. The van der Waals surface area contributed by atoms with Gasteiger partial charge in [0, 0.05) is 24.8 Å². The van der Waals surface area contributed by atoms with Crippen LogP contribution in [-0.4, -0.2) is 41.3 Å². The Morgan fingerprint density at radius 2 is 1.68 bits per heavy atom. The maximum atomic E-state index is 13.1. The number of unbranched alkanes of at least 4 members (excludes halogenated alkanes) is 5. The summed E-state index contributed by atoms with van der Waals surface area (Å²) >= 11 is 0. The highest BCUT2D eigenvalue weighted by atomic mass is 16.3. The molecule has 1 saturated carbocycles. The van der Waals surface area contributed by atoms with Gasteiger partial charge in [-0.15, -0.1) is 0 Å². The van der Waals surface area contributed by atoms with E-state index in [0.717, 1.165) is 32.1 Å². The summed E-state index contributed by atoms with van der Waals surface area (Å²) in [5, 5.41) is 12.9. The van der Waals surface area contributed by atoms with Crippen molar-refractivity contribution >= 4 is 17.5 Å². The highest BCUT2D eigenvalue weighted by Crippen LogP contribution is 2.37. The van der Waals surface area contributed by atoms with Crippen molar-refractivity contribution < 1.29 is 19.5 Å². The fraction of sp³-hybridized carbons (Fsp3) is 0.880. The Labute approximate surface area is 189 Å². The van der Waals surface area contributed by atoms with Crippen molar-refractivity contribution in [2.24, 2.45) is 29.4 Å². The van der Waals surface area contributed by atoms with E-state index in [1.165, 1.54) is 39.0 Å². The van der Waals surface area contributed by atoms with E-state index in [-0.39, 0.29) is 36.4 Å². The Bertz CT molecular complexity index is 562. The molecular formula is C25H46N2O4. The second-order valence-electron chi connectivity index (χ2n) is 9.73. The quantitative estimate of drug-likeness (QED) is 0.318. The van der Waals surface area contributed by atoms with Gasteiger partial charge in [0.25, 0.3) is 0 Å². The van der Waals surface area contributed by atoms with E-state index in [4.69, 9.17) is 5.73 Å². The Balaban J connectivity index is 2.63. The summed E-state index contributed by atoms with van der Waals surface area (Å²) in [5.74, 6) is -1.23. The Morgan fingerprint density at radius 3 is 2.26 bits per heavy atom. The Kier molecular flexibility index (Phi) is 13.2. The first-order chi connectivity index (χ1) is 14.7. The zero-order chi connectivity index (χ0) is 23.4. The lowest BCUT2D eigenvalue weighted by molar-refractivity contribution is -0.137. The molecule has 0 bridgehead atoms. The van der Waals surface area contributed by atoms with E-state index in [1.54, 1.807) is 13.8 Å². The second-order valence-corrected chi connectivity index (χ2v) is 9.73. The molecule has 0 aromatic rings.